The van der Waals surface area contributed by atoms with E-state index < -0.39 is 0 Å². The van der Waals surface area contributed by atoms with E-state index in [0.29, 0.717) is 6.61 Å². The van der Waals surface area contributed by atoms with Crippen molar-refractivity contribution in [1.29, 1.82) is 0 Å². The fraction of sp³-hybridized carbons (Fsp3) is 0.522. The Morgan fingerprint density at radius 2 is 1.20 bits per heavy atom. The number of rotatable bonds is 14. The Balaban J connectivity index is 3.60. The number of allylic oxidation sites excluding steroid dienone is 10. The lowest BCUT2D eigenvalue weighted by atomic mass is 10.1. The van der Waals surface area contributed by atoms with Gasteiger partial charge in [0.1, 0.15) is 0 Å². The number of esters is 1. The molecule has 0 heterocycles. The van der Waals surface area contributed by atoms with Crippen molar-refractivity contribution >= 4 is 5.97 Å². The van der Waals surface area contributed by atoms with Crippen LogP contribution in [-0.2, 0) is 9.53 Å². The maximum atomic E-state index is 11.5. The van der Waals surface area contributed by atoms with Crippen molar-refractivity contribution < 1.29 is 9.53 Å². The van der Waals surface area contributed by atoms with Gasteiger partial charge in [-0.05, 0) is 51.9 Å². The average molecular weight is 345 g/mol. The Bertz CT molecular complexity index is 453. The van der Waals surface area contributed by atoms with E-state index in [0.717, 1.165) is 44.9 Å². The van der Waals surface area contributed by atoms with Crippen LogP contribution in [0.15, 0.2) is 60.8 Å². The van der Waals surface area contributed by atoms with Crippen LogP contribution in [0, 0.1) is 5.92 Å². The molecule has 0 aromatic rings. The molecule has 0 radical (unpaired) electrons. The molecule has 1 atom stereocenters. The predicted octanol–water partition coefficient (Wildman–Crippen LogP) is 6.72. The summed E-state index contributed by atoms with van der Waals surface area (Å²) in [6.07, 6.45) is 28.8. The van der Waals surface area contributed by atoms with E-state index >= 15 is 0 Å². The van der Waals surface area contributed by atoms with E-state index in [2.05, 4.69) is 67.7 Å². The summed E-state index contributed by atoms with van der Waals surface area (Å²) in [5.74, 6) is -0.100. The Kier molecular flexibility index (Phi) is 17.2. The van der Waals surface area contributed by atoms with E-state index in [1.165, 1.54) is 0 Å². The highest BCUT2D eigenvalue weighted by molar-refractivity contribution is 5.71. The molecule has 0 fully saturated rings. The monoisotopic (exact) mass is 344 g/mol. The van der Waals surface area contributed by atoms with Crippen LogP contribution in [0.25, 0.3) is 0 Å². The van der Waals surface area contributed by atoms with Gasteiger partial charge in [0.25, 0.3) is 0 Å². The fourth-order valence-corrected chi connectivity index (χ4v) is 2.12. The lowest BCUT2D eigenvalue weighted by molar-refractivity contribution is -0.147. The molecule has 0 amide bonds. The molecule has 0 saturated carbocycles. The number of hydrogen-bond acceptors (Lipinski definition) is 2. The van der Waals surface area contributed by atoms with Gasteiger partial charge in [0.15, 0.2) is 0 Å². The van der Waals surface area contributed by atoms with Gasteiger partial charge < -0.3 is 4.74 Å². The summed E-state index contributed by atoms with van der Waals surface area (Å²) in [5, 5.41) is 0. The summed E-state index contributed by atoms with van der Waals surface area (Å²) in [6, 6.07) is 0. The number of carbonyl (C=O) groups excluding carboxylic acids is 1. The third-order valence-corrected chi connectivity index (χ3v) is 3.61. The lowest BCUT2D eigenvalue weighted by Gasteiger charge is -2.08. The van der Waals surface area contributed by atoms with Crippen LogP contribution in [0.1, 0.15) is 65.7 Å². The van der Waals surface area contributed by atoms with Crippen LogP contribution < -0.4 is 0 Å². The van der Waals surface area contributed by atoms with Gasteiger partial charge in [-0.15, -0.1) is 0 Å². The van der Waals surface area contributed by atoms with Crippen molar-refractivity contribution in [2.75, 3.05) is 6.61 Å². The van der Waals surface area contributed by atoms with Crippen molar-refractivity contribution in [1.82, 2.24) is 0 Å². The minimum absolute atomic E-state index is 0.0120. The van der Waals surface area contributed by atoms with Gasteiger partial charge in [0.2, 0.25) is 0 Å². The molecular weight excluding hydrogens is 308 g/mol. The third-order valence-electron chi connectivity index (χ3n) is 3.61. The summed E-state index contributed by atoms with van der Waals surface area (Å²) < 4.78 is 5.00. The van der Waals surface area contributed by atoms with E-state index in [4.69, 9.17) is 4.74 Å². The normalized spacial score (nSPS) is 13.9. The Labute approximate surface area is 155 Å². The van der Waals surface area contributed by atoms with E-state index in [9.17, 15) is 4.79 Å². The molecule has 0 aliphatic rings. The molecule has 2 nitrogen and oxygen atoms in total. The average Bonchev–Trinajstić information content (AvgIpc) is 2.61. The van der Waals surface area contributed by atoms with Crippen LogP contribution in [0.5, 0.6) is 0 Å². The smallest absolute Gasteiger partial charge is 0.308 e. The van der Waals surface area contributed by atoms with Gasteiger partial charge in [-0.2, -0.15) is 0 Å². The van der Waals surface area contributed by atoms with Crippen molar-refractivity contribution in [2.24, 2.45) is 5.92 Å². The number of carbonyl (C=O) groups is 1. The predicted molar refractivity (Wildman–Crippen MR) is 109 cm³/mol. The molecule has 0 bridgehead atoms. The van der Waals surface area contributed by atoms with Crippen molar-refractivity contribution in [3.8, 4) is 0 Å². The second-order valence-corrected chi connectivity index (χ2v) is 5.94. The maximum absolute atomic E-state index is 11.5. The quantitative estimate of drug-likeness (QED) is 0.258. The Morgan fingerprint density at radius 3 is 1.64 bits per heavy atom. The van der Waals surface area contributed by atoms with Crippen LogP contribution in [0.4, 0.5) is 0 Å². The van der Waals surface area contributed by atoms with Gasteiger partial charge in [0.05, 0.1) is 12.5 Å². The van der Waals surface area contributed by atoms with E-state index in [1.807, 2.05) is 13.8 Å². The molecule has 1 unspecified atom stereocenters. The molecule has 0 rings (SSSR count). The standard InChI is InChI=1S/C23H36O2/c1-4-6-7-8-9-10-11-12-13-14-15-16-17-18-19-20-21-22(3)23(24)25-5-2/h6-7,9-10,12-13,15-16,18-19,22H,4-5,8,11,14,17,20-21H2,1-3H3/b7-6-,10-9-,13-12-,16-15-,19-18-. The van der Waals surface area contributed by atoms with Gasteiger partial charge in [0, 0.05) is 0 Å². The summed E-state index contributed by atoms with van der Waals surface area (Å²) >= 11 is 0. The lowest BCUT2D eigenvalue weighted by Crippen LogP contribution is -2.14. The highest BCUT2D eigenvalue weighted by Gasteiger charge is 2.11. The summed E-state index contributed by atoms with van der Waals surface area (Å²) in [4.78, 5) is 11.5. The highest BCUT2D eigenvalue weighted by Crippen LogP contribution is 2.08. The molecule has 0 aromatic heterocycles. The van der Waals surface area contributed by atoms with Crippen molar-refractivity contribution in [3.63, 3.8) is 0 Å². The van der Waals surface area contributed by atoms with Gasteiger partial charge in [-0.25, -0.2) is 0 Å². The zero-order valence-corrected chi connectivity index (χ0v) is 16.3. The molecule has 0 N–H and O–H groups in total. The molecule has 0 aromatic carbocycles. The first-order valence-electron chi connectivity index (χ1n) is 9.63. The Morgan fingerprint density at radius 1 is 0.760 bits per heavy atom. The van der Waals surface area contributed by atoms with Crippen molar-refractivity contribution in [3.05, 3.63) is 60.8 Å². The number of hydrogen-bond donors (Lipinski definition) is 0. The Hall–Kier alpha value is -1.83. The van der Waals surface area contributed by atoms with Crippen LogP contribution in [-0.4, -0.2) is 12.6 Å². The summed E-state index contributed by atoms with van der Waals surface area (Å²) in [6.45, 7) is 6.38. The molecule has 0 aliphatic heterocycles. The second-order valence-electron chi connectivity index (χ2n) is 5.94. The first-order chi connectivity index (χ1) is 12.2. The van der Waals surface area contributed by atoms with Gasteiger partial charge >= 0.3 is 5.97 Å². The fourth-order valence-electron chi connectivity index (χ4n) is 2.12. The first-order valence-corrected chi connectivity index (χ1v) is 9.63. The highest BCUT2D eigenvalue weighted by atomic mass is 16.5. The first kappa shape index (κ1) is 23.2. The molecule has 140 valence electrons. The molecule has 25 heavy (non-hydrogen) atoms. The van der Waals surface area contributed by atoms with Crippen molar-refractivity contribution in [2.45, 2.75) is 65.7 Å². The second kappa shape index (κ2) is 18.5. The SMILES string of the molecule is CC/C=C\C/C=C\C/C=C\C/C=C\C/C=C\CCC(C)C(=O)OCC. The van der Waals surface area contributed by atoms with Crippen LogP contribution in [0.3, 0.4) is 0 Å². The van der Waals surface area contributed by atoms with Crippen LogP contribution >= 0.6 is 0 Å². The zero-order valence-electron chi connectivity index (χ0n) is 16.3. The van der Waals surface area contributed by atoms with Crippen LogP contribution in [0.2, 0.25) is 0 Å². The van der Waals surface area contributed by atoms with E-state index in [1.54, 1.807) is 0 Å². The van der Waals surface area contributed by atoms with Gasteiger partial charge in [-0.1, -0.05) is 74.6 Å². The number of ether oxygens (including phenoxy) is 1. The van der Waals surface area contributed by atoms with E-state index in [-0.39, 0.29) is 11.9 Å². The molecule has 0 spiro atoms. The zero-order chi connectivity index (χ0) is 18.6. The summed E-state index contributed by atoms with van der Waals surface area (Å²) in [7, 11) is 0. The maximum Gasteiger partial charge on any atom is 0.308 e. The van der Waals surface area contributed by atoms with Gasteiger partial charge in [-0.3, -0.25) is 4.79 Å². The minimum Gasteiger partial charge on any atom is -0.466 e. The summed E-state index contributed by atoms with van der Waals surface area (Å²) in [5.41, 5.74) is 0. The topological polar surface area (TPSA) is 26.3 Å². The third kappa shape index (κ3) is 16.8. The minimum atomic E-state index is -0.0881. The molecule has 0 saturated heterocycles. The molecule has 2 heteroatoms. The molecular formula is C23H36O2. The molecule has 0 aliphatic carbocycles. The largest absolute Gasteiger partial charge is 0.466 e.